The quantitative estimate of drug-likeness (QED) is 0.382. The number of aryl methyl sites for hydroxylation is 1. The second-order valence-corrected chi connectivity index (χ2v) is 11.8. The van der Waals surface area contributed by atoms with Crippen molar-refractivity contribution >= 4 is 41.1 Å². The van der Waals surface area contributed by atoms with E-state index in [0.29, 0.717) is 47.1 Å². The molecule has 0 aliphatic carbocycles. The van der Waals surface area contributed by atoms with Gasteiger partial charge in [-0.05, 0) is 45.6 Å². The fourth-order valence-electron chi connectivity index (χ4n) is 5.73. The number of nitrogens with zero attached hydrogens (tertiary/aromatic N) is 4. The lowest BCUT2D eigenvalue weighted by molar-refractivity contribution is 0.0904. The Bertz CT molecular complexity index is 1190. The van der Waals surface area contributed by atoms with E-state index in [2.05, 4.69) is 20.5 Å². The standard InChI is InChI=1S/C26H35ClN6O5S/c1-15-24(39-19-3-8-28-22(20(19)27)30-17-4-11-37-12-5-17)31-18(13-34)23(29-15)33-9-6-26(7-10-33)14-38-16(2)21(26)32-25(35)36/h3,8,16-17,21,32,34H,4-7,9-14H2,1-2H3,(H,28,30)(H,35,36)/t16-,21+/m0/s1. The molecule has 3 aliphatic rings. The van der Waals surface area contributed by atoms with Crippen molar-refractivity contribution in [3.8, 4) is 0 Å². The Balaban J connectivity index is 1.31. The SMILES string of the molecule is Cc1nc(N2CCC3(CC2)CO[C@@H](C)[C@H]3NC(=O)O)c(CO)nc1Sc1ccnc(NC2CCOCC2)c1Cl. The second kappa shape index (κ2) is 12.0. The number of amides is 1. The Kier molecular flexibility index (Phi) is 8.67. The first kappa shape index (κ1) is 28.2. The van der Waals surface area contributed by atoms with Crippen LogP contribution in [0.1, 0.15) is 44.0 Å². The molecule has 3 aliphatic heterocycles. The highest BCUT2D eigenvalue weighted by Crippen LogP contribution is 2.44. The summed E-state index contributed by atoms with van der Waals surface area (Å²) >= 11 is 8.14. The number of aliphatic hydroxyl groups excluding tert-OH is 1. The molecule has 5 heterocycles. The van der Waals surface area contributed by atoms with Crippen LogP contribution in [0.25, 0.3) is 0 Å². The summed E-state index contributed by atoms with van der Waals surface area (Å²) in [6.45, 7) is 6.87. The summed E-state index contributed by atoms with van der Waals surface area (Å²) in [6.07, 6.45) is 3.83. The monoisotopic (exact) mass is 578 g/mol. The molecule has 0 aromatic carbocycles. The minimum atomic E-state index is -1.03. The molecule has 0 saturated carbocycles. The number of nitrogens with one attached hydrogen (secondary N) is 2. The molecule has 2 atom stereocenters. The fourth-order valence-corrected chi connectivity index (χ4v) is 6.88. The molecule has 3 saturated heterocycles. The summed E-state index contributed by atoms with van der Waals surface area (Å²) in [4.78, 5) is 28.4. The highest BCUT2D eigenvalue weighted by molar-refractivity contribution is 7.99. The maximum absolute atomic E-state index is 11.4. The van der Waals surface area contributed by atoms with Crippen LogP contribution in [0.5, 0.6) is 0 Å². The average molecular weight is 579 g/mol. The molecule has 2 aromatic rings. The maximum atomic E-state index is 11.4. The predicted molar refractivity (Wildman–Crippen MR) is 148 cm³/mol. The van der Waals surface area contributed by atoms with E-state index in [9.17, 15) is 15.0 Å². The van der Waals surface area contributed by atoms with Gasteiger partial charge in [-0.3, -0.25) is 0 Å². The van der Waals surface area contributed by atoms with E-state index in [0.717, 1.165) is 49.5 Å². The van der Waals surface area contributed by atoms with Crippen LogP contribution in [0.2, 0.25) is 5.02 Å². The van der Waals surface area contributed by atoms with Crippen LogP contribution in [0, 0.1) is 12.3 Å². The van der Waals surface area contributed by atoms with Crippen molar-refractivity contribution in [1.82, 2.24) is 20.3 Å². The minimum absolute atomic E-state index is 0.175. The first-order valence-corrected chi connectivity index (χ1v) is 14.5. The molecule has 4 N–H and O–H groups in total. The van der Waals surface area contributed by atoms with Crippen molar-refractivity contribution < 1.29 is 24.5 Å². The normalized spacial score (nSPS) is 23.2. The predicted octanol–water partition coefficient (Wildman–Crippen LogP) is 3.71. The Hall–Kier alpha value is -2.38. The van der Waals surface area contributed by atoms with Gasteiger partial charge in [-0.1, -0.05) is 23.4 Å². The molecular formula is C26H35ClN6O5S. The van der Waals surface area contributed by atoms with Gasteiger partial charge in [0.25, 0.3) is 0 Å². The molecule has 2 aromatic heterocycles. The molecule has 0 unspecified atom stereocenters. The summed E-state index contributed by atoms with van der Waals surface area (Å²) in [5.74, 6) is 1.30. The zero-order valence-corrected chi connectivity index (χ0v) is 23.7. The third-order valence-electron chi connectivity index (χ3n) is 7.95. The van der Waals surface area contributed by atoms with Gasteiger partial charge in [0.05, 0.1) is 36.1 Å². The number of ether oxygens (including phenoxy) is 2. The topological polar surface area (TPSA) is 142 Å². The van der Waals surface area contributed by atoms with Crippen LogP contribution in [-0.4, -0.2) is 82.4 Å². The number of rotatable bonds is 7. The molecule has 0 radical (unpaired) electrons. The zero-order chi connectivity index (χ0) is 27.6. The number of pyridine rings is 1. The molecule has 39 heavy (non-hydrogen) atoms. The third-order valence-corrected chi connectivity index (χ3v) is 9.59. The Morgan fingerprint density at radius 1 is 1.28 bits per heavy atom. The number of piperidine rings is 1. The van der Waals surface area contributed by atoms with Gasteiger partial charge in [-0.25, -0.2) is 19.7 Å². The van der Waals surface area contributed by atoms with Gasteiger partial charge < -0.3 is 35.2 Å². The largest absolute Gasteiger partial charge is 0.465 e. The molecule has 5 rings (SSSR count). The third kappa shape index (κ3) is 6.04. The van der Waals surface area contributed by atoms with E-state index in [4.69, 9.17) is 31.0 Å². The van der Waals surface area contributed by atoms with E-state index in [1.54, 1.807) is 6.20 Å². The number of aliphatic hydroxyl groups is 1. The molecular weight excluding hydrogens is 544 g/mol. The lowest BCUT2D eigenvalue weighted by Crippen LogP contribution is -2.54. The molecule has 1 amide bonds. The number of hydrogen-bond acceptors (Lipinski definition) is 10. The van der Waals surface area contributed by atoms with Crippen LogP contribution in [0.4, 0.5) is 16.4 Å². The van der Waals surface area contributed by atoms with E-state index in [-0.39, 0.29) is 30.2 Å². The molecule has 13 heteroatoms. The van der Waals surface area contributed by atoms with Crippen molar-refractivity contribution in [2.24, 2.45) is 5.41 Å². The van der Waals surface area contributed by atoms with Crippen LogP contribution in [0.3, 0.4) is 0 Å². The minimum Gasteiger partial charge on any atom is -0.465 e. The first-order valence-electron chi connectivity index (χ1n) is 13.3. The van der Waals surface area contributed by atoms with Crippen LogP contribution < -0.4 is 15.5 Å². The van der Waals surface area contributed by atoms with Gasteiger partial charge in [-0.2, -0.15) is 0 Å². The van der Waals surface area contributed by atoms with Crippen LogP contribution in [-0.2, 0) is 16.1 Å². The summed E-state index contributed by atoms with van der Waals surface area (Å²) in [7, 11) is 0. The Morgan fingerprint density at radius 2 is 2.03 bits per heavy atom. The van der Waals surface area contributed by atoms with E-state index >= 15 is 0 Å². The number of carboxylic acid groups (broad SMARTS) is 1. The van der Waals surface area contributed by atoms with Gasteiger partial charge in [-0.15, -0.1) is 0 Å². The number of carbonyl (C=O) groups is 1. The number of aromatic nitrogens is 3. The van der Waals surface area contributed by atoms with Crippen molar-refractivity contribution in [2.75, 3.05) is 43.1 Å². The molecule has 11 nitrogen and oxygen atoms in total. The molecule has 212 valence electrons. The van der Waals surface area contributed by atoms with Gasteiger partial charge >= 0.3 is 6.09 Å². The highest BCUT2D eigenvalue weighted by Gasteiger charge is 2.50. The van der Waals surface area contributed by atoms with Crippen molar-refractivity contribution in [3.05, 3.63) is 28.7 Å². The second-order valence-electron chi connectivity index (χ2n) is 10.4. The van der Waals surface area contributed by atoms with Crippen molar-refractivity contribution in [1.29, 1.82) is 0 Å². The molecule has 1 spiro atoms. The van der Waals surface area contributed by atoms with Gasteiger partial charge in [0.2, 0.25) is 0 Å². The lowest BCUT2D eigenvalue weighted by Gasteiger charge is -2.43. The summed E-state index contributed by atoms with van der Waals surface area (Å²) in [6, 6.07) is 1.87. The zero-order valence-electron chi connectivity index (χ0n) is 22.2. The van der Waals surface area contributed by atoms with Crippen molar-refractivity contribution in [3.63, 3.8) is 0 Å². The van der Waals surface area contributed by atoms with E-state index in [1.807, 2.05) is 19.9 Å². The fraction of sp³-hybridized carbons (Fsp3) is 0.615. The van der Waals surface area contributed by atoms with Crippen LogP contribution in [0.15, 0.2) is 22.2 Å². The van der Waals surface area contributed by atoms with Crippen molar-refractivity contribution in [2.45, 2.75) is 74.2 Å². The smallest absolute Gasteiger partial charge is 0.404 e. The van der Waals surface area contributed by atoms with Crippen LogP contribution >= 0.6 is 23.4 Å². The van der Waals surface area contributed by atoms with E-state index in [1.165, 1.54) is 11.8 Å². The maximum Gasteiger partial charge on any atom is 0.404 e. The number of anilines is 2. The van der Waals surface area contributed by atoms with Gasteiger partial charge in [0.1, 0.15) is 16.5 Å². The Morgan fingerprint density at radius 3 is 2.72 bits per heavy atom. The average Bonchev–Trinajstić information content (AvgIpc) is 3.22. The summed E-state index contributed by atoms with van der Waals surface area (Å²) in [5.41, 5.74) is 0.990. The van der Waals surface area contributed by atoms with Gasteiger partial charge in [0.15, 0.2) is 5.82 Å². The molecule has 0 bridgehead atoms. The lowest BCUT2D eigenvalue weighted by atomic mass is 9.73. The Labute approximate surface area is 237 Å². The number of halogens is 1. The number of hydrogen-bond donors (Lipinski definition) is 4. The van der Waals surface area contributed by atoms with Gasteiger partial charge in [0, 0.05) is 48.9 Å². The highest BCUT2D eigenvalue weighted by atomic mass is 35.5. The summed E-state index contributed by atoms with van der Waals surface area (Å²) < 4.78 is 11.3. The molecule has 3 fully saturated rings. The summed E-state index contributed by atoms with van der Waals surface area (Å²) in [5, 5.41) is 26.8. The van der Waals surface area contributed by atoms with E-state index < -0.39 is 6.09 Å². The first-order chi connectivity index (χ1) is 18.8.